The van der Waals surface area contributed by atoms with Crippen molar-refractivity contribution >= 4 is 23.7 Å². The average Bonchev–Trinajstić information content (AvgIpc) is 2.47. The molecule has 0 fully saturated rings. The maximum absolute atomic E-state index is 11.8. The van der Waals surface area contributed by atoms with Gasteiger partial charge in [-0.15, -0.1) is 0 Å². The fraction of sp³-hybridized carbons (Fsp3) is 0.125. The van der Waals surface area contributed by atoms with Gasteiger partial charge >= 0.3 is 0 Å². The molecule has 21 heavy (non-hydrogen) atoms. The van der Waals surface area contributed by atoms with E-state index in [0.29, 0.717) is 5.02 Å². The van der Waals surface area contributed by atoms with E-state index in [2.05, 4.69) is 10.5 Å². The third-order valence-electron chi connectivity index (χ3n) is 2.87. The van der Waals surface area contributed by atoms with Crippen LogP contribution < -0.4 is 5.43 Å². The van der Waals surface area contributed by atoms with Crippen molar-refractivity contribution in [3.05, 3.63) is 64.7 Å². The van der Waals surface area contributed by atoms with Crippen LogP contribution in [0.5, 0.6) is 5.75 Å². The lowest BCUT2D eigenvalue weighted by Gasteiger charge is -2.03. The number of nitrogens with one attached hydrogen (secondary N) is 1. The van der Waals surface area contributed by atoms with Crippen LogP contribution in [0.15, 0.2) is 53.6 Å². The molecule has 0 aliphatic rings. The summed E-state index contributed by atoms with van der Waals surface area (Å²) in [5, 5.41) is 13.8. The Kier molecular flexibility index (Phi) is 5.35. The van der Waals surface area contributed by atoms with Crippen LogP contribution in [0.25, 0.3) is 0 Å². The number of hydrogen-bond acceptors (Lipinski definition) is 3. The third kappa shape index (κ3) is 4.61. The van der Waals surface area contributed by atoms with Gasteiger partial charge in [0.1, 0.15) is 5.75 Å². The molecule has 0 spiro atoms. The molecule has 0 heterocycles. The Balaban J connectivity index is 1.82. The summed E-state index contributed by atoms with van der Waals surface area (Å²) in [5.74, 6) is -0.639. The van der Waals surface area contributed by atoms with Gasteiger partial charge in [-0.25, -0.2) is 5.43 Å². The Bertz CT molecular complexity index is 642. The molecule has 2 aromatic carbocycles. The van der Waals surface area contributed by atoms with E-state index >= 15 is 0 Å². The number of hydrazone groups is 1. The molecule has 0 atom stereocenters. The predicted octanol–water partition coefficient (Wildman–Crippen LogP) is 3.39. The number of halogens is 1. The van der Waals surface area contributed by atoms with Crippen LogP contribution in [0.1, 0.15) is 22.3 Å². The first-order valence-corrected chi connectivity index (χ1v) is 6.89. The highest BCUT2D eigenvalue weighted by Crippen LogP contribution is 2.21. The number of carbonyl (C=O) groups is 1. The molecular weight excluding hydrogens is 288 g/mol. The van der Waals surface area contributed by atoms with Gasteiger partial charge in [-0.05, 0) is 36.6 Å². The van der Waals surface area contributed by atoms with E-state index in [9.17, 15) is 9.90 Å². The van der Waals surface area contributed by atoms with Gasteiger partial charge in [0.2, 0.25) is 0 Å². The van der Waals surface area contributed by atoms with Crippen LogP contribution in [0.2, 0.25) is 5.02 Å². The first-order valence-electron chi connectivity index (χ1n) is 6.51. The summed E-state index contributed by atoms with van der Waals surface area (Å²) in [6, 6.07) is 14.3. The van der Waals surface area contributed by atoms with Crippen LogP contribution in [0.3, 0.4) is 0 Å². The highest BCUT2D eigenvalue weighted by Gasteiger charge is 2.10. The Morgan fingerprint density at radius 1 is 1.24 bits per heavy atom. The van der Waals surface area contributed by atoms with Gasteiger partial charge in [0, 0.05) is 11.2 Å². The molecule has 0 unspecified atom stereocenters. The molecule has 2 N–H and O–H groups in total. The summed E-state index contributed by atoms with van der Waals surface area (Å²) < 4.78 is 0. The average molecular weight is 303 g/mol. The molecule has 0 radical (unpaired) electrons. The largest absolute Gasteiger partial charge is 0.507 e. The smallest absolute Gasteiger partial charge is 0.275 e. The number of nitrogens with zero attached hydrogens (tertiary/aromatic N) is 1. The lowest BCUT2D eigenvalue weighted by molar-refractivity contribution is 0.0952. The summed E-state index contributed by atoms with van der Waals surface area (Å²) in [6.45, 7) is 0. The highest BCUT2D eigenvalue weighted by atomic mass is 35.5. The Morgan fingerprint density at radius 3 is 2.71 bits per heavy atom. The minimum atomic E-state index is -0.472. The second-order valence-corrected chi connectivity index (χ2v) is 4.87. The number of aryl methyl sites for hydroxylation is 1. The molecule has 1 amide bonds. The number of rotatable bonds is 5. The zero-order valence-electron chi connectivity index (χ0n) is 11.3. The summed E-state index contributed by atoms with van der Waals surface area (Å²) in [5.41, 5.74) is 3.73. The van der Waals surface area contributed by atoms with Crippen LogP contribution >= 0.6 is 11.6 Å². The number of aromatic hydroxyl groups is 1. The lowest BCUT2D eigenvalue weighted by atomic mass is 10.1. The number of phenols is 1. The highest BCUT2D eigenvalue weighted by molar-refractivity contribution is 6.30. The zero-order chi connectivity index (χ0) is 15.1. The summed E-state index contributed by atoms with van der Waals surface area (Å²) >= 11 is 5.70. The van der Waals surface area contributed by atoms with Gasteiger partial charge < -0.3 is 5.11 Å². The number of phenolic OH excluding ortho intramolecular Hbond substituents is 1. The van der Waals surface area contributed by atoms with Gasteiger partial charge in [-0.1, -0.05) is 41.9 Å². The Hall–Kier alpha value is -2.33. The molecular formula is C16H15ClN2O2. The van der Waals surface area contributed by atoms with Crippen molar-refractivity contribution in [2.24, 2.45) is 5.10 Å². The Labute approximate surface area is 128 Å². The van der Waals surface area contributed by atoms with E-state index in [1.165, 1.54) is 23.8 Å². The first-order chi connectivity index (χ1) is 10.2. The topological polar surface area (TPSA) is 61.7 Å². The van der Waals surface area contributed by atoms with Crippen molar-refractivity contribution in [3.8, 4) is 5.75 Å². The molecule has 0 saturated carbocycles. The van der Waals surface area contributed by atoms with Crippen molar-refractivity contribution in [2.75, 3.05) is 0 Å². The number of hydrogen-bond donors (Lipinski definition) is 2. The quantitative estimate of drug-likeness (QED) is 0.657. The standard InChI is InChI=1S/C16H15ClN2O2/c17-13-8-9-14(15(20)11-13)16(21)19-18-10-4-7-12-5-2-1-3-6-12/h1-3,5-6,8-11,20H,4,7H2,(H,19,21)/b18-10+. The molecule has 4 nitrogen and oxygen atoms in total. The van der Waals surface area contributed by atoms with Crippen molar-refractivity contribution in [1.82, 2.24) is 5.43 Å². The van der Waals surface area contributed by atoms with Gasteiger partial charge in [-0.2, -0.15) is 5.10 Å². The van der Waals surface area contributed by atoms with Crippen molar-refractivity contribution in [3.63, 3.8) is 0 Å². The van der Waals surface area contributed by atoms with Crippen LogP contribution in [-0.2, 0) is 6.42 Å². The van der Waals surface area contributed by atoms with Gasteiger partial charge in [-0.3, -0.25) is 4.79 Å². The second-order valence-electron chi connectivity index (χ2n) is 4.44. The van der Waals surface area contributed by atoms with Crippen molar-refractivity contribution in [2.45, 2.75) is 12.8 Å². The fourth-order valence-electron chi connectivity index (χ4n) is 1.80. The van der Waals surface area contributed by atoms with E-state index in [0.717, 1.165) is 12.8 Å². The maximum atomic E-state index is 11.8. The maximum Gasteiger partial charge on any atom is 0.275 e. The first kappa shape index (κ1) is 15.1. The van der Waals surface area contributed by atoms with Gasteiger partial charge in [0.15, 0.2) is 0 Å². The molecule has 0 aliphatic heterocycles. The van der Waals surface area contributed by atoms with Crippen molar-refractivity contribution in [1.29, 1.82) is 0 Å². The predicted molar refractivity (Wildman–Crippen MR) is 83.8 cm³/mol. The molecule has 2 rings (SSSR count). The minimum absolute atomic E-state index is 0.139. The molecule has 0 saturated heterocycles. The lowest BCUT2D eigenvalue weighted by Crippen LogP contribution is -2.17. The number of amides is 1. The fourth-order valence-corrected chi connectivity index (χ4v) is 1.97. The molecule has 0 aliphatic carbocycles. The second kappa shape index (κ2) is 7.45. The van der Waals surface area contributed by atoms with Crippen LogP contribution in [0, 0.1) is 0 Å². The third-order valence-corrected chi connectivity index (χ3v) is 3.10. The molecule has 0 bridgehead atoms. The Morgan fingerprint density at radius 2 is 2.00 bits per heavy atom. The SMILES string of the molecule is O=C(N/N=C/CCc1ccccc1)c1ccc(Cl)cc1O. The van der Waals surface area contributed by atoms with E-state index in [1.807, 2.05) is 30.3 Å². The van der Waals surface area contributed by atoms with E-state index in [4.69, 9.17) is 11.6 Å². The van der Waals surface area contributed by atoms with E-state index in [1.54, 1.807) is 6.21 Å². The summed E-state index contributed by atoms with van der Waals surface area (Å²) in [6.07, 6.45) is 3.21. The van der Waals surface area contributed by atoms with Crippen molar-refractivity contribution < 1.29 is 9.90 Å². The van der Waals surface area contributed by atoms with Crippen LogP contribution in [-0.4, -0.2) is 17.2 Å². The van der Waals surface area contributed by atoms with Crippen LogP contribution in [0.4, 0.5) is 0 Å². The van der Waals surface area contributed by atoms with Gasteiger partial charge in [0.25, 0.3) is 5.91 Å². The normalized spacial score (nSPS) is 10.7. The van der Waals surface area contributed by atoms with Gasteiger partial charge in [0.05, 0.1) is 5.56 Å². The monoisotopic (exact) mass is 302 g/mol. The van der Waals surface area contributed by atoms with E-state index < -0.39 is 5.91 Å². The summed E-state index contributed by atoms with van der Waals surface area (Å²) in [4.78, 5) is 11.8. The minimum Gasteiger partial charge on any atom is -0.507 e. The molecule has 2 aromatic rings. The van der Waals surface area contributed by atoms with E-state index in [-0.39, 0.29) is 11.3 Å². The summed E-state index contributed by atoms with van der Waals surface area (Å²) in [7, 11) is 0. The number of carbonyl (C=O) groups excluding carboxylic acids is 1. The molecule has 108 valence electrons. The zero-order valence-corrected chi connectivity index (χ0v) is 12.0. The molecule has 5 heteroatoms. The number of benzene rings is 2. The molecule has 0 aromatic heterocycles.